The molecule has 2 aromatic rings. The smallest absolute Gasteiger partial charge is 0.278 e. The van der Waals surface area contributed by atoms with Crippen LogP contribution in [0.25, 0.3) is 0 Å². The van der Waals surface area contributed by atoms with Crippen molar-refractivity contribution in [3.63, 3.8) is 0 Å². The van der Waals surface area contributed by atoms with Crippen molar-refractivity contribution in [1.82, 2.24) is 14.9 Å². The van der Waals surface area contributed by atoms with Crippen molar-refractivity contribution in [3.05, 3.63) is 63.1 Å². The number of likely N-dealkylation sites (N-methyl/N-ethyl adjacent to an activating group) is 1. The maximum atomic E-state index is 13.9. The summed E-state index contributed by atoms with van der Waals surface area (Å²) in [7, 11) is 2.97. The number of aromatic hydroxyl groups is 1. The number of rotatable bonds is 5. The molecule has 2 N–H and O–H groups in total. The largest absolute Gasteiger partial charge is 0.502 e. The maximum Gasteiger partial charge on any atom is 0.278 e. The van der Waals surface area contributed by atoms with Gasteiger partial charge < -0.3 is 24.8 Å². The molecule has 1 unspecified atom stereocenters. The Morgan fingerprint density at radius 2 is 2.09 bits per heavy atom. The molecular formula is C21H22F2N4O6. The standard InChI is InChI=1S/C21H22F2N4O6/c1-25-20(31)16-18(29)17(28)14(19(30)24-8-12-3-4-13(22)7-15(12)23)9-26(16)27(11-32-2)21(25)5-6-33-10-21/h3-4,7,9,29H,5-6,8,10-11H2,1-2H3,(H,24,30). The van der Waals surface area contributed by atoms with Crippen LogP contribution in [0.15, 0.2) is 29.2 Å². The fraction of sp³-hybridized carbons (Fsp3) is 0.381. The Balaban J connectivity index is 1.74. The zero-order valence-electron chi connectivity index (χ0n) is 17.9. The highest BCUT2D eigenvalue weighted by molar-refractivity contribution is 5.99. The number of nitrogens with zero attached hydrogens (tertiary/aromatic N) is 3. The molecule has 1 aromatic carbocycles. The lowest BCUT2D eigenvalue weighted by atomic mass is 10.0. The predicted molar refractivity (Wildman–Crippen MR) is 110 cm³/mol. The van der Waals surface area contributed by atoms with Crippen LogP contribution in [0.4, 0.5) is 8.78 Å². The van der Waals surface area contributed by atoms with E-state index < -0.39 is 45.9 Å². The summed E-state index contributed by atoms with van der Waals surface area (Å²) >= 11 is 0. The molecule has 0 radical (unpaired) electrons. The van der Waals surface area contributed by atoms with Gasteiger partial charge >= 0.3 is 0 Å². The summed E-state index contributed by atoms with van der Waals surface area (Å²) in [6, 6.07) is 2.88. The highest BCUT2D eigenvalue weighted by atomic mass is 19.1. The Morgan fingerprint density at radius 1 is 1.33 bits per heavy atom. The van der Waals surface area contributed by atoms with Gasteiger partial charge in [-0.25, -0.2) is 8.78 Å². The van der Waals surface area contributed by atoms with Crippen LogP contribution in [0, 0.1) is 11.6 Å². The number of hydrogen-bond donors (Lipinski definition) is 2. The second kappa shape index (κ2) is 8.45. The van der Waals surface area contributed by atoms with Gasteiger partial charge in [0.1, 0.15) is 23.9 Å². The number of benzene rings is 1. The molecule has 1 atom stereocenters. The van der Waals surface area contributed by atoms with Crippen LogP contribution < -0.4 is 15.8 Å². The molecule has 12 heteroatoms. The van der Waals surface area contributed by atoms with Crippen LogP contribution in [-0.4, -0.2) is 66.3 Å². The molecule has 10 nitrogen and oxygen atoms in total. The Morgan fingerprint density at radius 3 is 2.73 bits per heavy atom. The first-order valence-corrected chi connectivity index (χ1v) is 10.0. The average molecular weight is 464 g/mol. The van der Waals surface area contributed by atoms with Crippen LogP contribution in [0.3, 0.4) is 0 Å². The molecule has 4 rings (SSSR count). The molecule has 2 aliphatic rings. The number of ether oxygens (including phenoxy) is 2. The average Bonchev–Trinajstić information content (AvgIpc) is 3.27. The fourth-order valence-electron chi connectivity index (χ4n) is 4.11. The molecule has 176 valence electrons. The normalized spacial score (nSPS) is 19.8. The number of fused-ring (bicyclic) bond motifs is 1. The summed E-state index contributed by atoms with van der Waals surface area (Å²) in [5, 5.41) is 14.5. The van der Waals surface area contributed by atoms with E-state index in [4.69, 9.17) is 9.47 Å². The Labute approximate surface area is 186 Å². The second-order valence-electron chi connectivity index (χ2n) is 7.80. The van der Waals surface area contributed by atoms with E-state index in [1.54, 1.807) is 5.01 Å². The third kappa shape index (κ3) is 3.60. The van der Waals surface area contributed by atoms with E-state index in [0.29, 0.717) is 19.1 Å². The monoisotopic (exact) mass is 464 g/mol. The summed E-state index contributed by atoms with van der Waals surface area (Å²) in [4.78, 5) is 40.0. The van der Waals surface area contributed by atoms with Gasteiger partial charge in [0, 0.05) is 44.9 Å². The number of carbonyl (C=O) groups is 2. The van der Waals surface area contributed by atoms with Crippen LogP contribution in [0.1, 0.15) is 32.8 Å². The molecular weight excluding hydrogens is 442 g/mol. The van der Waals surface area contributed by atoms with Gasteiger partial charge in [0.15, 0.2) is 17.1 Å². The van der Waals surface area contributed by atoms with E-state index >= 15 is 0 Å². The molecule has 2 aliphatic heterocycles. The summed E-state index contributed by atoms with van der Waals surface area (Å²) in [6.07, 6.45) is 1.56. The van der Waals surface area contributed by atoms with Crippen LogP contribution >= 0.6 is 0 Å². The fourth-order valence-corrected chi connectivity index (χ4v) is 4.11. The van der Waals surface area contributed by atoms with Gasteiger partial charge in [-0.3, -0.25) is 24.1 Å². The highest BCUT2D eigenvalue weighted by Crippen LogP contribution is 2.35. The van der Waals surface area contributed by atoms with Crippen molar-refractivity contribution in [3.8, 4) is 5.75 Å². The lowest BCUT2D eigenvalue weighted by Crippen LogP contribution is -2.70. The van der Waals surface area contributed by atoms with Crippen molar-refractivity contribution in [1.29, 1.82) is 0 Å². The molecule has 2 amide bonds. The first kappa shape index (κ1) is 22.7. The van der Waals surface area contributed by atoms with E-state index in [1.807, 2.05) is 0 Å². The zero-order chi connectivity index (χ0) is 23.9. The van der Waals surface area contributed by atoms with E-state index in [-0.39, 0.29) is 31.1 Å². The lowest BCUT2D eigenvalue weighted by molar-refractivity contribution is 0.0135. The van der Waals surface area contributed by atoms with Crippen molar-refractivity contribution in [2.24, 2.45) is 0 Å². The summed E-state index contributed by atoms with van der Waals surface area (Å²) in [5.74, 6) is -4.05. The third-order valence-electron chi connectivity index (χ3n) is 5.97. The van der Waals surface area contributed by atoms with Crippen molar-refractivity contribution in [2.45, 2.75) is 18.6 Å². The number of carbonyl (C=O) groups excluding carboxylic acids is 2. The molecule has 0 saturated carbocycles. The minimum atomic E-state index is -1.06. The topological polar surface area (TPSA) is 113 Å². The van der Waals surface area contributed by atoms with Crippen LogP contribution in [-0.2, 0) is 16.0 Å². The molecule has 1 saturated heterocycles. The number of nitrogens with one attached hydrogen (secondary N) is 1. The number of hydrogen-bond acceptors (Lipinski definition) is 7. The van der Waals surface area contributed by atoms with E-state index in [1.165, 1.54) is 29.8 Å². The first-order chi connectivity index (χ1) is 15.7. The summed E-state index contributed by atoms with van der Waals surface area (Å²) in [6.45, 7) is 0.151. The lowest BCUT2D eigenvalue weighted by Gasteiger charge is -2.51. The number of methoxy groups -OCH3 is 1. The maximum absolute atomic E-state index is 13.9. The molecule has 0 bridgehead atoms. The van der Waals surface area contributed by atoms with Crippen LogP contribution in [0.2, 0.25) is 0 Å². The summed E-state index contributed by atoms with van der Waals surface area (Å²) in [5.41, 5.74) is -2.79. The van der Waals surface area contributed by atoms with Crippen molar-refractivity contribution in [2.75, 3.05) is 39.1 Å². The van der Waals surface area contributed by atoms with Crippen LogP contribution in [0.5, 0.6) is 5.75 Å². The minimum absolute atomic E-state index is 0.00639. The van der Waals surface area contributed by atoms with Gasteiger partial charge in [-0.15, -0.1) is 0 Å². The van der Waals surface area contributed by atoms with Crippen molar-refractivity contribution < 1.29 is 33.0 Å². The molecule has 3 heterocycles. The number of pyridine rings is 1. The highest BCUT2D eigenvalue weighted by Gasteiger charge is 2.52. The second-order valence-corrected chi connectivity index (χ2v) is 7.80. The van der Waals surface area contributed by atoms with E-state index in [0.717, 1.165) is 12.3 Å². The van der Waals surface area contributed by atoms with Gasteiger partial charge in [-0.1, -0.05) is 6.07 Å². The van der Waals surface area contributed by atoms with Gasteiger partial charge in [-0.2, -0.15) is 0 Å². The number of halogens is 2. The SMILES string of the molecule is COCN1n2cc(C(=O)NCc3ccc(F)cc3F)c(=O)c(O)c2C(=O)N(C)C12CCOC2. The van der Waals surface area contributed by atoms with Gasteiger partial charge in [0.05, 0.1) is 13.2 Å². The zero-order valence-corrected chi connectivity index (χ0v) is 17.9. The van der Waals surface area contributed by atoms with E-state index in [2.05, 4.69) is 5.32 Å². The van der Waals surface area contributed by atoms with E-state index in [9.17, 15) is 28.3 Å². The third-order valence-corrected chi connectivity index (χ3v) is 5.97. The summed E-state index contributed by atoms with van der Waals surface area (Å²) < 4.78 is 39.0. The molecule has 0 aliphatic carbocycles. The quantitative estimate of drug-likeness (QED) is 0.663. The molecule has 33 heavy (non-hydrogen) atoms. The number of aromatic nitrogens is 1. The minimum Gasteiger partial charge on any atom is -0.502 e. The molecule has 1 fully saturated rings. The Hall–Kier alpha value is -3.51. The molecule has 1 aromatic heterocycles. The predicted octanol–water partition coefficient (Wildman–Crippen LogP) is 0.506. The van der Waals surface area contributed by atoms with Gasteiger partial charge in [0.2, 0.25) is 5.43 Å². The number of amides is 2. The van der Waals surface area contributed by atoms with Crippen molar-refractivity contribution >= 4 is 11.8 Å². The van der Waals surface area contributed by atoms with Gasteiger partial charge in [0.25, 0.3) is 11.8 Å². The molecule has 1 spiro atoms. The Kier molecular flexibility index (Phi) is 5.80. The van der Waals surface area contributed by atoms with Gasteiger partial charge in [-0.05, 0) is 6.07 Å². The Bertz CT molecular complexity index is 1180. The first-order valence-electron chi connectivity index (χ1n) is 10.0.